The van der Waals surface area contributed by atoms with Gasteiger partial charge in [-0.15, -0.1) is 0 Å². The van der Waals surface area contributed by atoms with E-state index in [9.17, 15) is 4.79 Å². The Morgan fingerprint density at radius 2 is 2.32 bits per heavy atom. The first-order valence-corrected chi connectivity index (χ1v) is 6.99. The van der Waals surface area contributed by atoms with Crippen LogP contribution in [-0.4, -0.2) is 39.1 Å². The van der Waals surface area contributed by atoms with Crippen LogP contribution in [0.25, 0.3) is 5.57 Å². The minimum Gasteiger partial charge on any atom is -0.480 e. The predicted octanol–water partition coefficient (Wildman–Crippen LogP) is 1.50. The largest absolute Gasteiger partial charge is 0.480 e. The molecule has 3 heterocycles. The number of rotatable bonds is 3. The molecule has 0 unspecified atom stereocenters. The van der Waals surface area contributed by atoms with Crippen LogP contribution < -0.4 is 10.6 Å². The lowest BCUT2D eigenvalue weighted by molar-refractivity contribution is -0.135. The summed E-state index contributed by atoms with van der Waals surface area (Å²) in [5.74, 6) is 0.0201. The molecule has 1 aliphatic rings. The number of fused-ring (bicyclic) bond motifs is 1. The van der Waals surface area contributed by atoms with E-state index in [1.54, 1.807) is 4.90 Å². The molecule has 114 valence electrons. The van der Waals surface area contributed by atoms with Crippen LogP contribution in [0.3, 0.4) is 0 Å². The van der Waals surface area contributed by atoms with Gasteiger partial charge in [0, 0.05) is 24.0 Å². The van der Waals surface area contributed by atoms with Gasteiger partial charge in [-0.05, 0) is 25.5 Å². The highest BCUT2D eigenvalue weighted by Gasteiger charge is 2.26. The lowest BCUT2D eigenvalue weighted by Gasteiger charge is -2.22. The Morgan fingerprint density at radius 3 is 3.00 bits per heavy atom. The minimum absolute atomic E-state index is 0.116. The van der Waals surface area contributed by atoms with Gasteiger partial charge in [0.2, 0.25) is 0 Å². The van der Waals surface area contributed by atoms with Gasteiger partial charge in [0.25, 0.3) is 0 Å². The van der Waals surface area contributed by atoms with Crippen LogP contribution in [0.5, 0.6) is 0 Å². The number of aromatic nitrogens is 3. The summed E-state index contributed by atoms with van der Waals surface area (Å²) in [7, 11) is 0. The molecule has 0 fully saturated rings. The van der Waals surface area contributed by atoms with Gasteiger partial charge in [-0.2, -0.15) is 0 Å². The Bertz CT molecular complexity index is 736. The third-order valence-corrected chi connectivity index (χ3v) is 3.78. The number of nitrogens with one attached hydrogen (secondary N) is 1. The minimum atomic E-state index is -0.899. The van der Waals surface area contributed by atoms with Gasteiger partial charge in [-0.25, -0.2) is 9.97 Å². The SMILES string of the molecule is CC1=C(c2ccc[nH]2)c2c(N)ncnc2N(CC(=O)O)CC1. The van der Waals surface area contributed by atoms with Gasteiger partial charge in [-0.3, -0.25) is 4.79 Å². The number of carbonyl (C=O) groups is 1. The number of carboxylic acid groups (broad SMARTS) is 1. The smallest absolute Gasteiger partial charge is 0.323 e. The van der Waals surface area contributed by atoms with Gasteiger partial charge in [0.15, 0.2) is 0 Å². The normalized spacial score (nSPS) is 14.7. The summed E-state index contributed by atoms with van der Waals surface area (Å²) in [6.07, 6.45) is 3.95. The fraction of sp³-hybridized carbons (Fsp3) is 0.267. The second-order valence-electron chi connectivity index (χ2n) is 5.26. The first-order valence-electron chi connectivity index (χ1n) is 6.99. The molecule has 2 aromatic rings. The number of hydrogen-bond donors (Lipinski definition) is 3. The number of hydrogen-bond acceptors (Lipinski definition) is 5. The predicted molar refractivity (Wildman–Crippen MR) is 83.4 cm³/mol. The van der Waals surface area contributed by atoms with Crippen LogP contribution in [-0.2, 0) is 4.79 Å². The molecule has 0 atom stereocenters. The van der Waals surface area contributed by atoms with Gasteiger partial charge in [-0.1, -0.05) is 5.57 Å². The van der Waals surface area contributed by atoms with E-state index in [4.69, 9.17) is 10.8 Å². The summed E-state index contributed by atoms with van der Waals surface area (Å²) in [6, 6.07) is 3.87. The van der Waals surface area contributed by atoms with E-state index >= 15 is 0 Å². The van der Waals surface area contributed by atoms with Crippen LogP contribution >= 0.6 is 0 Å². The maximum atomic E-state index is 11.1. The molecule has 0 spiro atoms. The van der Waals surface area contributed by atoms with Crippen LogP contribution in [0.15, 0.2) is 30.2 Å². The summed E-state index contributed by atoms with van der Waals surface area (Å²) < 4.78 is 0. The molecule has 0 bridgehead atoms. The third-order valence-electron chi connectivity index (χ3n) is 3.78. The van der Waals surface area contributed by atoms with Crippen molar-refractivity contribution in [3.63, 3.8) is 0 Å². The van der Waals surface area contributed by atoms with Crippen molar-refractivity contribution in [3.05, 3.63) is 41.5 Å². The van der Waals surface area contributed by atoms with E-state index in [2.05, 4.69) is 15.0 Å². The zero-order chi connectivity index (χ0) is 15.7. The highest BCUT2D eigenvalue weighted by molar-refractivity contribution is 5.91. The van der Waals surface area contributed by atoms with Crippen LogP contribution in [0.1, 0.15) is 24.6 Å². The van der Waals surface area contributed by atoms with Crippen molar-refractivity contribution < 1.29 is 9.90 Å². The summed E-state index contributed by atoms with van der Waals surface area (Å²) in [5.41, 5.74) is 9.79. The fourth-order valence-corrected chi connectivity index (χ4v) is 2.78. The highest BCUT2D eigenvalue weighted by atomic mass is 16.4. The van der Waals surface area contributed by atoms with Crippen LogP contribution in [0.4, 0.5) is 11.6 Å². The first kappa shape index (κ1) is 14.1. The molecule has 3 rings (SSSR count). The molecule has 0 saturated heterocycles. The van der Waals surface area contributed by atoms with Crippen molar-refractivity contribution in [3.8, 4) is 0 Å². The van der Waals surface area contributed by atoms with Gasteiger partial charge < -0.3 is 20.7 Å². The molecule has 22 heavy (non-hydrogen) atoms. The number of aromatic amines is 1. The van der Waals surface area contributed by atoms with Crippen LogP contribution in [0.2, 0.25) is 0 Å². The van der Waals surface area contributed by atoms with Gasteiger partial charge in [0.1, 0.15) is 24.5 Å². The molecule has 0 radical (unpaired) electrons. The monoisotopic (exact) mass is 299 g/mol. The van der Waals surface area contributed by atoms with Crippen molar-refractivity contribution in [2.75, 3.05) is 23.7 Å². The number of nitrogens with two attached hydrogens (primary N) is 1. The molecule has 0 saturated carbocycles. The summed E-state index contributed by atoms with van der Waals surface area (Å²) in [5, 5.41) is 9.13. The summed E-state index contributed by atoms with van der Waals surface area (Å²) >= 11 is 0. The van der Waals surface area contributed by atoms with E-state index < -0.39 is 5.97 Å². The maximum Gasteiger partial charge on any atom is 0.323 e. The quantitative estimate of drug-likeness (QED) is 0.792. The Kier molecular flexibility index (Phi) is 3.54. The average molecular weight is 299 g/mol. The molecule has 2 aromatic heterocycles. The second kappa shape index (κ2) is 5.51. The van der Waals surface area contributed by atoms with E-state index in [1.165, 1.54) is 6.33 Å². The summed E-state index contributed by atoms with van der Waals surface area (Å²) in [4.78, 5) is 24.4. The molecule has 0 aromatic carbocycles. The second-order valence-corrected chi connectivity index (χ2v) is 5.26. The lowest BCUT2D eigenvalue weighted by atomic mass is 9.98. The molecular formula is C15H17N5O2. The van der Waals surface area contributed by atoms with Crippen LogP contribution in [0, 0.1) is 0 Å². The zero-order valence-electron chi connectivity index (χ0n) is 12.2. The van der Waals surface area contributed by atoms with Crippen molar-refractivity contribution >= 4 is 23.2 Å². The Labute approximate surface area is 127 Å². The highest BCUT2D eigenvalue weighted by Crippen LogP contribution is 2.38. The molecule has 0 amide bonds. The molecule has 1 aliphatic heterocycles. The maximum absolute atomic E-state index is 11.1. The number of H-pyrrole nitrogens is 1. The van der Waals surface area contributed by atoms with Crippen molar-refractivity contribution in [2.45, 2.75) is 13.3 Å². The average Bonchev–Trinajstić information content (AvgIpc) is 2.94. The van der Waals surface area contributed by atoms with E-state index in [0.29, 0.717) is 23.7 Å². The topological polar surface area (TPSA) is 108 Å². The molecule has 7 heteroatoms. The van der Waals surface area contributed by atoms with Crippen molar-refractivity contribution in [1.29, 1.82) is 0 Å². The molecule has 4 N–H and O–H groups in total. The number of nitrogen functional groups attached to an aromatic ring is 1. The molecular weight excluding hydrogens is 282 g/mol. The van der Waals surface area contributed by atoms with Gasteiger partial charge >= 0.3 is 5.97 Å². The van der Waals surface area contributed by atoms with Crippen molar-refractivity contribution in [1.82, 2.24) is 15.0 Å². The first-order chi connectivity index (χ1) is 10.6. The lowest BCUT2D eigenvalue weighted by Crippen LogP contribution is -2.31. The fourth-order valence-electron chi connectivity index (χ4n) is 2.78. The Balaban J connectivity index is 2.20. The number of aliphatic carboxylic acids is 1. The van der Waals surface area contributed by atoms with E-state index in [0.717, 1.165) is 23.3 Å². The Morgan fingerprint density at radius 1 is 1.50 bits per heavy atom. The van der Waals surface area contributed by atoms with Gasteiger partial charge in [0.05, 0.1) is 5.56 Å². The number of nitrogens with zero attached hydrogens (tertiary/aromatic N) is 3. The standard InChI is InChI=1S/C15H17N5O2/c1-9-4-6-20(7-11(21)22)15-13(14(16)18-8-19-15)12(9)10-3-2-5-17-10/h2-3,5,8,17H,4,6-7H2,1H3,(H,21,22)(H2,16,18,19). The molecule has 0 aliphatic carbocycles. The van der Waals surface area contributed by atoms with E-state index in [1.807, 2.05) is 25.3 Å². The Hall–Kier alpha value is -2.83. The van der Waals surface area contributed by atoms with Crippen molar-refractivity contribution in [2.24, 2.45) is 0 Å². The zero-order valence-corrected chi connectivity index (χ0v) is 12.2. The summed E-state index contributed by atoms with van der Waals surface area (Å²) in [6.45, 7) is 2.48. The van der Waals surface area contributed by atoms with E-state index in [-0.39, 0.29) is 6.54 Å². The third kappa shape index (κ3) is 2.41. The number of anilines is 2. The molecule has 7 nitrogen and oxygen atoms in total. The number of carboxylic acids is 1.